The van der Waals surface area contributed by atoms with Gasteiger partial charge in [0.25, 0.3) is 0 Å². The van der Waals surface area contributed by atoms with Crippen molar-refractivity contribution >= 4 is 27.3 Å². The molecule has 0 spiro atoms. The molecule has 1 amide bonds. The van der Waals surface area contributed by atoms with Gasteiger partial charge in [0, 0.05) is 37.1 Å². The monoisotopic (exact) mass is 485 g/mol. The number of sulfonamides is 1. The second-order valence-electron chi connectivity index (χ2n) is 7.80. The van der Waals surface area contributed by atoms with Crippen LogP contribution >= 0.6 is 11.3 Å². The maximum absolute atomic E-state index is 12.8. The largest absolute Gasteiger partial charge is 0.494 e. The van der Waals surface area contributed by atoms with Gasteiger partial charge in [-0.05, 0) is 36.8 Å². The van der Waals surface area contributed by atoms with Gasteiger partial charge in [-0.25, -0.2) is 13.4 Å². The molecule has 0 unspecified atom stereocenters. The lowest BCUT2D eigenvalue weighted by atomic mass is 10.2. The highest BCUT2D eigenvalue weighted by Crippen LogP contribution is 2.26. The minimum Gasteiger partial charge on any atom is -0.494 e. The quantitative estimate of drug-likeness (QED) is 0.488. The van der Waals surface area contributed by atoms with E-state index in [-0.39, 0.29) is 18.1 Å². The number of benzene rings is 2. The summed E-state index contributed by atoms with van der Waals surface area (Å²) in [5, 5.41) is 2.77. The number of carbonyl (C=O) groups is 1. The molecule has 33 heavy (non-hydrogen) atoms. The van der Waals surface area contributed by atoms with E-state index in [1.54, 1.807) is 4.90 Å². The Morgan fingerprint density at radius 3 is 2.39 bits per heavy atom. The number of piperazine rings is 1. The van der Waals surface area contributed by atoms with Gasteiger partial charge < -0.3 is 9.64 Å². The molecule has 7 nitrogen and oxygen atoms in total. The highest BCUT2D eigenvalue weighted by Gasteiger charge is 2.29. The molecule has 1 fully saturated rings. The van der Waals surface area contributed by atoms with Gasteiger partial charge in [0.15, 0.2) is 0 Å². The molecule has 0 saturated carbocycles. The maximum Gasteiger partial charge on any atom is 0.228 e. The fourth-order valence-electron chi connectivity index (χ4n) is 3.74. The number of rotatable bonds is 8. The van der Waals surface area contributed by atoms with E-state index < -0.39 is 10.0 Å². The summed E-state index contributed by atoms with van der Waals surface area (Å²) in [7, 11) is -3.40. The molecule has 0 radical (unpaired) electrons. The molecular formula is C24H27N3O4S2. The molecule has 0 N–H and O–H groups in total. The topological polar surface area (TPSA) is 79.8 Å². The van der Waals surface area contributed by atoms with E-state index >= 15 is 0 Å². The Labute approximate surface area is 198 Å². The lowest BCUT2D eigenvalue weighted by molar-refractivity contribution is -0.131. The van der Waals surface area contributed by atoms with Crippen molar-refractivity contribution in [1.82, 2.24) is 14.2 Å². The summed E-state index contributed by atoms with van der Waals surface area (Å²) in [6, 6.07) is 16.9. The molecule has 4 rings (SSSR count). The number of aromatic nitrogens is 1. The SMILES string of the molecule is CCOc1ccc(-c2nc(CC(=O)N3CCN(S(=O)(=O)Cc4ccccc4)CC3)cs2)cc1. The van der Waals surface area contributed by atoms with E-state index in [0.29, 0.717) is 32.8 Å². The van der Waals surface area contributed by atoms with Gasteiger partial charge in [0.2, 0.25) is 15.9 Å². The fourth-order valence-corrected chi connectivity index (χ4v) is 6.08. The Morgan fingerprint density at radius 2 is 1.73 bits per heavy atom. The number of thiazole rings is 1. The van der Waals surface area contributed by atoms with Gasteiger partial charge in [-0.2, -0.15) is 4.31 Å². The average Bonchev–Trinajstić information content (AvgIpc) is 3.29. The van der Waals surface area contributed by atoms with Gasteiger partial charge in [-0.1, -0.05) is 30.3 Å². The van der Waals surface area contributed by atoms with Gasteiger partial charge in [-0.3, -0.25) is 4.79 Å². The zero-order valence-corrected chi connectivity index (χ0v) is 20.1. The second kappa shape index (κ2) is 10.5. The predicted octanol–water partition coefficient (Wildman–Crippen LogP) is 3.43. The molecule has 1 aliphatic heterocycles. The summed E-state index contributed by atoms with van der Waals surface area (Å²) in [5.74, 6) is 0.770. The lowest BCUT2D eigenvalue weighted by Gasteiger charge is -2.34. The zero-order chi connectivity index (χ0) is 23.3. The summed E-state index contributed by atoms with van der Waals surface area (Å²) >= 11 is 1.50. The Morgan fingerprint density at radius 1 is 1.03 bits per heavy atom. The number of ether oxygens (including phenoxy) is 1. The molecule has 174 valence electrons. The molecule has 3 aromatic rings. The van der Waals surface area contributed by atoms with Crippen molar-refractivity contribution in [2.24, 2.45) is 0 Å². The van der Waals surface area contributed by atoms with Gasteiger partial charge >= 0.3 is 0 Å². The molecule has 0 bridgehead atoms. The van der Waals surface area contributed by atoms with Crippen molar-refractivity contribution in [2.45, 2.75) is 19.1 Å². The first-order valence-corrected chi connectivity index (χ1v) is 13.4. The summed E-state index contributed by atoms with van der Waals surface area (Å²) in [6.45, 7) is 3.98. The number of amides is 1. The molecule has 9 heteroatoms. The van der Waals surface area contributed by atoms with E-state index in [1.807, 2.05) is 66.9 Å². The van der Waals surface area contributed by atoms with Gasteiger partial charge in [0.1, 0.15) is 10.8 Å². The highest BCUT2D eigenvalue weighted by atomic mass is 32.2. The van der Waals surface area contributed by atoms with E-state index in [2.05, 4.69) is 4.98 Å². The first-order valence-electron chi connectivity index (χ1n) is 10.9. The van der Waals surface area contributed by atoms with Gasteiger partial charge in [-0.15, -0.1) is 11.3 Å². The van der Waals surface area contributed by atoms with Crippen LogP contribution in [-0.2, 0) is 27.0 Å². The molecule has 0 atom stereocenters. The van der Waals surface area contributed by atoms with Crippen LogP contribution in [0.2, 0.25) is 0 Å². The lowest BCUT2D eigenvalue weighted by Crippen LogP contribution is -2.51. The molecule has 1 aromatic heterocycles. The van der Waals surface area contributed by atoms with Crippen molar-refractivity contribution in [2.75, 3.05) is 32.8 Å². The first-order chi connectivity index (χ1) is 15.9. The number of hydrogen-bond donors (Lipinski definition) is 0. The third kappa shape index (κ3) is 5.98. The molecule has 1 saturated heterocycles. The van der Waals surface area contributed by atoms with Crippen LogP contribution in [0.4, 0.5) is 0 Å². The van der Waals surface area contributed by atoms with Crippen molar-refractivity contribution in [3.63, 3.8) is 0 Å². The maximum atomic E-state index is 12.8. The second-order valence-corrected chi connectivity index (χ2v) is 10.6. The first kappa shape index (κ1) is 23.4. The van der Waals surface area contributed by atoms with Crippen LogP contribution in [0.15, 0.2) is 60.0 Å². The molecule has 2 heterocycles. The van der Waals surface area contributed by atoms with Crippen molar-refractivity contribution in [1.29, 1.82) is 0 Å². The van der Waals surface area contributed by atoms with Crippen LogP contribution in [0.25, 0.3) is 10.6 Å². The van der Waals surface area contributed by atoms with Crippen molar-refractivity contribution < 1.29 is 17.9 Å². The molecule has 0 aliphatic carbocycles. The Kier molecular flexibility index (Phi) is 7.42. The molecular weight excluding hydrogens is 458 g/mol. The standard InChI is InChI=1S/C24H27N3O4S2/c1-2-31-22-10-8-20(9-11-22)24-25-21(17-32-24)16-23(28)26-12-14-27(15-13-26)33(29,30)18-19-6-4-3-5-7-19/h3-11,17H,2,12-16,18H2,1H3. The van der Waals surface area contributed by atoms with Crippen molar-refractivity contribution in [3.05, 3.63) is 71.2 Å². The Balaban J connectivity index is 1.30. The van der Waals surface area contributed by atoms with Crippen molar-refractivity contribution in [3.8, 4) is 16.3 Å². The summed E-state index contributed by atoms with van der Waals surface area (Å²) in [6.07, 6.45) is 0.213. The average molecular weight is 486 g/mol. The van der Waals surface area contributed by atoms with Crippen LogP contribution < -0.4 is 4.74 Å². The normalized spacial score (nSPS) is 14.9. The van der Waals surface area contributed by atoms with Crippen LogP contribution in [0.3, 0.4) is 0 Å². The summed E-state index contributed by atoms with van der Waals surface area (Å²) < 4.78 is 32.4. The number of hydrogen-bond acceptors (Lipinski definition) is 6. The van der Waals surface area contributed by atoms with Gasteiger partial charge in [0.05, 0.1) is 24.5 Å². The Bertz CT molecular complexity index is 1170. The molecule has 2 aromatic carbocycles. The number of carbonyl (C=O) groups excluding carboxylic acids is 1. The summed E-state index contributed by atoms with van der Waals surface area (Å²) in [5.41, 5.74) is 2.48. The third-order valence-electron chi connectivity index (χ3n) is 5.47. The summed E-state index contributed by atoms with van der Waals surface area (Å²) in [4.78, 5) is 19.1. The zero-order valence-electron chi connectivity index (χ0n) is 18.5. The fraction of sp³-hybridized carbons (Fsp3) is 0.333. The smallest absolute Gasteiger partial charge is 0.228 e. The van der Waals surface area contributed by atoms with Crippen LogP contribution in [-0.4, -0.2) is 61.3 Å². The van der Waals surface area contributed by atoms with Crippen LogP contribution in [0.1, 0.15) is 18.2 Å². The van der Waals surface area contributed by atoms with Crippen LogP contribution in [0.5, 0.6) is 5.75 Å². The minimum atomic E-state index is -3.40. The van der Waals surface area contributed by atoms with Crippen LogP contribution in [0, 0.1) is 0 Å². The third-order valence-corrected chi connectivity index (χ3v) is 8.26. The van der Waals surface area contributed by atoms with E-state index in [0.717, 1.165) is 27.6 Å². The minimum absolute atomic E-state index is 0.0189. The van der Waals surface area contributed by atoms with E-state index in [9.17, 15) is 13.2 Å². The predicted molar refractivity (Wildman–Crippen MR) is 130 cm³/mol. The highest BCUT2D eigenvalue weighted by molar-refractivity contribution is 7.88. The van der Waals surface area contributed by atoms with E-state index in [4.69, 9.17) is 4.74 Å². The molecule has 1 aliphatic rings. The Hall–Kier alpha value is -2.75. The van der Waals surface area contributed by atoms with E-state index in [1.165, 1.54) is 15.6 Å². The number of nitrogens with zero attached hydrogens (tertiary/aromatic N) is 3.